The Labute approximate surface area is 120 Å². The van der Waals surface area contributed by atoms with Crippen molar-refractivity contribution in [1.29, 1.82) is 0 Å². The molecule has 0 saturated carbocycles. The van der Waals surface area contributed by atoms with Crippen LogP contribution in [-0.2, 0) is 0 Å². The molecule has 0 atom stereocenters. The van der Waals surface area contributed by atoms with E-state index in [1.807, 2.05) is 22.7 Å². The van der Waals surface area contributed by atoms with Gasteiger partial charge in [-0.1, -0.05) is 35.9 Å². The van der Waals surface area contributed by atoms with E-state index in [9.17, 15) is 0 Å². The zero-order valence-corrected chi connectivity index (χ0v) is 12.4. The number of fused-ring (bicyclic) bond motifs is 3. The minimum atomic E-state index is 1.18. The second kappa shape index (κ2) is 4.32. The molecular formula is C17H14S2. The fourth-order valence-electron chi connectivity index (χ4n) is 2.67. The fraction of sp³-hybridized carbons (Fsp3) is 0.176. The molecule has 3 aromatic rings. The third-order valence-corrected chi connectivity index (χ3v) is 6.14. The van der Waals surface area contributed by atoms with Crippen LogP contribution in [-0.4, -0.2) is 0 Å². The summed E-state index contributed by atoms with van der Waals surface area (Å²) < 4.78 is 4.35. The molecule has 1 aromatic carbocycles. The number of hydrogen-bond acceptors (Lipinski definition) is 2. The van der Waals surface area contributed by atoms with Crippen molar-refractivity contribution < 1.29 is 0 Å². The summed E-state index contributed by atoms with van der Waals surface area (Å²) in [5, 5.41) is 3.76. The molecule has 2 aromatic heterocycles. The third-order valence-electron chi connectivity index (χ3n) is 3.79. The number of thiophene rings is 2. The van der Waals surface area contributed by atoms with Crippen molar-refractivity contribution >= 4 is 47.7 Å². The van der Waals surface area contributed by atoms with Crippen LogP contribution in [0.5, 0.6) is 0 Å². The Bertz CT molecular complexity index is 827. The Morgan fingerprint density at radius 2 is 1.89 bits per heavy atom. The highest BCUT2D eigenvalue weighted by molar-refractivity contribution is 7.32. The van der Waals surface area contributed by atoms with E-state index in [0.29, 0.717) is 0 Å². The lowest BCUT2D eigenvalue weighted by Crippen LogP contribution is -1.89. The normalized spacial score (nSPS) is 15.8. The van der Waals surface area contributed by atoms with Gasteiger partial charge in [0.1, 0.15) is 0 Å². The topological polar surface area (TPSA) is 0 Å². The highest BCUT2D eigenvalue weighted by atomic mass is 32.1. The molecule has 0 aliphatic heterocycles. The number of allylic oxidation sites excluding steroid dienone is 4. The van der Waals surface area contributed by atoms with Crippen molar-refractivity contribution in [2.24, 2.45) is 0 Å². The highest BCUT2D eigenvalue weighted by Crippen LogP contribution is 2.43. The van der Waals surface area contributed by atoms with Crippen LogP contribution >= 0.6 is 22.7 Å². The summed E-state index contributed by atoms with van der Waals surface area (Å²) in [4.78, 5) is 0. The molecule has 19 heavy (non-hydrogen) atoms. The average Bonchev–Trinajstić information content (AvgIpc) is 2.98. The van der Waals surface area contributed by atoms with E-state index in [4.69, 9.17) is 0 Å². The minimum absolute atomic E-state index is 1.18. The summed E-state index contributed by atoms with van der Waals surface area (Å²) in [6.07, 6.45) is 6.97. The van der Waals surface area contributed by atoms with Gasteiger partial charge in [0.25, 0.3) is 0 Å². The number of hydrogen-bond donors (Lipinski definition) is 0. The molecule has 4 rings (SSSR count). The molecular weight excluding hydrogens is 268 g/mol. The van der Waals surface area contributed by atoms with E-state index in [-0.39, 0.29) is 0 Å². The van der Waals surface area contributed by atoms with E-state index in [1.54, 1.807) is 0 Å². The summed E-state index contributed by atoms with van der Waals surface area (Å²) >= 11 is 3.83. The second-order valence-electron chi connectivity index (χ2n) is 5.11. The highest BCUT2D eigenvalue weighted by Gasteiger charge is 2.15. The summed E-state index contributed by atoms with van der Waals surface area (Å²) in [5.41, 5.74) is 4.46. The first-order valence-electron chi connectivity index (χ1n) is 6.58. The van der Waals surface area contributed by atoms with Crippen LogP contribution in [0.3, 0.4) is 0 Å². The van der Waals surface area contributed by atoms with E-state index in [0.717, 1.165) is 0 Å². The zero-order valence-electron chi connectivity index (χ0n) is 10.8. The molecule has 1 aliphatic carbocycles. The van der Waals surface area contributed by atoms with Gasteiger partial charge in [-0.15, -0.1) is 22.7 Å². The van der Waals surface area contributed by atoms with Crippen molar-refractivity contribution in [3.05, 3.63) is 52.9 Å². The Balaban J connectivity index is 1.96. The molecule has 2 heterocycles. The Morgan fingerprint density at radius 3 is 2.74 bits per heavy atom. The molecule has 0 spiro atoms. The van der Waals surface area contributed by atoms with Crippen molar-refractivity contribution in [2.45, 2.75) is 19.8 Å². The largest absolute Gasteiger partial charge is 0.142 e. The van der Waals surface area contributed by atoms with Crippen molar-refractivity contribution in [3.63, 3.8) is 0 Å². The third kappa shape index (κ3) is 1.78. The zero-order chi connectivity index (χ0) is 12.8. The Morgan fingerprint density at radius 1 is 1.00 bits per heavy atom. The lowest BCUT2D eigenvalue weighted by Gasteiger charge is -2.10. The van der Waals surface area contributed by atoms with Crippen molar-refractivity contribution in [1.82, 2.24) is 0 Å². The quantitative estimate of drug-likeness (QED) is 0.495. The van der Waals surface area contributed by atoms with Crippen LogP contribution in [0.15, 0.2) is 47.4 Å². The molecule has 0 unspecified atom stereocenters. The Hall–Kier alpha value is -1.38. The number of benzene rings is 1. The predicted octanol–water partition coefficient (Wildman–Crippen LogP) is 6.24. The molecule has 2 heteroatoms. The molecule has 1 aliphatic rings. The van der Waals surface area contributed by atoms with Crippen LogP contribution in [0, 0.1) is 0 Å². The minimum Gasteiger partial charge on any atom is -0.142 e. The van der Waals surface area contributed by atoms with Crippen LogP contribution in [0.25, 0.3) is 25.1 Å². The first-order valence-corrected chi connectivity index (χ1v) is 8.28. The summed E-state index contributed by atoms with van der Waals surface area (Å²) in [7, 11) is 0. The average molecular weight is 282 g/mol. The van der Waals surface area contributed by atoms with Gasteiger partial charge in [0.05, 0.1) is 9.40 Å². The van der Waals surface area contributed by atoms with Gasteiger partial charge >= 0.3 is 0 Å². The van der Waals surface area contributed by atoms with E-state index >= 15 is 0 Å². The molecule has 0 bridgehead atoms. The summed E-state index contributed by atoms with van der Waals surface area (Å²) in [6.45, 7) is 2.22. The predicted molar refractivity (Wildman–Crippen MR) is 88.2 cm³/mol. The van der Waals surface area contributed by atoms with Gasteiger partial charge in [-0.2, -0.15) is 0 Å². The first-order chi connectivity index (χ1) is 9.33. The second-order valence-corrected chi connectivity index (χ2v) is 7.04. The van der Waals surface area contributed by atoms with E-state index in [2.05, 4.69) is 48.7 Å². The number of rotatable bonds is 1. The molecule has 0 amide bonds. The summed E-state index contributed by atoms with van der Waals surface area (Å²) in [6, 6.07) is 8.75. The maximum absolute atomic E-state index is 2.34. The van der Waals surface area contributed by atoms with Crippen molar-refractivity contribution in [2.75, 3.05) is 0 Å². The van der Waals surface area contributed by atoms with E-state index < -0.39 is 0 Å². The maximum Gasteiger partial charge on any atom is 0.0538 e. The summed E-state index contributed by atoms with van der Waals surface area (Å²) in [5.74, 6) is 0. The fourth-order valence-corrected chi connectivity index (χ4v) is 5.26. The van der Waals surface area contributed by atoms with Gasteiger partial charge in [-0.3, -0.25) is 0 Å². The molecule has 0 saturated heterocycles. The molecule has 94 valence electrons. The SMILES string of the molecule is CC1=CC=C(c2csc3c2sc2ccccc23)CC1. The van der Waals surface area contributed by atoms with Gasteiger partial charge in [0, 0.05) is 21.0 Å². The van der Waals surface area contributed by atoms with Gasteiger partial charge in [-0.25, -0.2) is 0 Å². The first kappa shape index (κ1) is 11.4. The molecule has 0 radical (unpaired) electrons. The Kier molecular flexibility index (Phi) is 2.61. The van der Waals surface area contributed by atoms with E-state index in [1.165, 1.54) is 49.0 Å². The van der Waals surface area contributed by atoms with Gasteiger partial charge < -0.3 is 0 Å². The van der Waals surface area contributed by atoms with Crippen molar-refractivity contribution in [3.8, 4) is 0 Å². The molecule has 0 nitrogen and oxygen atoms in total. The molecule has 0 fully saturated rings. The maximum atomic E-state index is 2.34. The van der Waals surface area contributed by atoms with Crippen LogP contribution in [0.2, 0.25) is 0 Å². The van der Waals surface area contributed by atoms with Crippen LogP contribution in [0.1, 0.15) is 25.3 Å². The van der Waals surface area contributed by atoms with Crippen LogP contribution < -0.4 is 0 Å². The lowest BCUT2D eigenvalue weighted by atomic mass is 9.95. The van der Waals surface area contributed by atoms with Gasteiger partial charge in [0.15, 0.2) is 0 Å². The van der Waals surface area contributed by atoms with Crippen LogP contribution in [0.4, 0.5) is 0 Å². The van der Waals surface area contributed by atoms with Gasteiger partial charge in [0.2, 0.25) is 0 Å². The monoisotopic (exact) mass is 282 g/mol. The smallest absolute Gasteiger partial charge is 0.0538 e. The standard InChI is InChI=1S/C17H14S2/c1-11-6-8-12(9-7-11)14-10-18-16-13-4-2-3-5-15(13)19-17(14)16/h2-6,8,10H,7,9H2,1H3. The van der Waals surface area contributed by atoms with Gasteiger partial charge in [-0.05, 0) is 31.4 Å². The lowest BCUT2D eigenvalue weighted by molar-refractivity contribution is 0.979. The molecule has 0 N–H and O–H groups in total.